The third kappa shape index (κ3) is 6.24. The van der Waals surface area contributed by atoms with Gasteiger partial charge in [0.2, 0.25) is 5.91 Å². The second-order valence-corrected chi connectivity index (χ2v) is 8.77. The summed E-state index contributed by atoms with van der Waals surface area (Å²) < 4.78 is 27.2. The van der Waals surface area contributed by atoms with E-state index in [0.29, 0.717) is 29.6 Å². The molecule has 2 aromatic carbocycles. The molecule has 178 valence electrons. The van der Waals surface area contributed by atoms with Crippen LogP contribution in [0, 0.1) is 5.82 Å². The van der Waals surface area contributed by atoms with Crippen LogP contribution in [-0.2, 0) is 16.0 Å². The van der Waals surface area contributed by atoms with E-state index in [9.17, 15) is 9.18 Å². The summed E-state index contributed by atoms with van der Waals surface area (Å²) >= 11 is 1.51. The Hall–Kier alpha value is -3.17. The number of methoxy groups -OCH3 is 1. The molecule has 3 aromatic rings. The van der Waals surface area contributed by atoms with Crippen LogP contribution in [0.3, 0.4) is 0 Å². The molecule has 1 aliphatic heterocycles. The molecule has 1 N–H and O–H groups in total. The first kappa shape index (κ1) is 24.0. The standard InChI is InChI=1S/C25H27FN4O3S/c1-32-19-11-8-18(9-12-19)10-13-24(31)27-15-14-23-28-29-25(34-17-20-5-4-16-33-20)30(23)22-7-3-2-6-21(22)26/h2-3,6-13,20H,4-5,14-17H2,1H3,(H,27,31)/b13-10+/t20-/m1/s1. The zero-order valence-electron chi connectivity index (χ0n) is 18.9. The fraction of sp³-hybridized carbons (Fsp3) is 0.320. The average molecular weight is 483 g/mol. The van der Waals surface area contributed by atoms with Gasteiger partial charge in [0.25, 0.3) is 0 Å². The van der Waals surface area contributed by atoms with Crippen LogP contribution in [0.15, 0.2) is 59.8 Å². The largest absolute Gasteiger partial charge is 0.497 e. The van der Waals surface area contributed by atoms with Gasteiger partial charge in [-0.25, -0.2) is 4.39 Å². The molecule has 0 bridgehead atoms. The van der Waals surface area contributed by atoms with E-state index in [2.05, 4.69) is 15.5 Å². The first-order chi connectivity index (χ1) is 16.6. The summed E-state index contributed by atoms with van der Waals surface area (Å²) in [6.45, 7) is 1.12. The highest BCUT2D eigenvalue weighted by atomic mass is 32.2. The molecular weight excluding hydrogens is 455 g/mol. The number of nitrogens with one attached hydrogen (secondary N) is 1. The fourth-order valence-electron chi connectivity index (χ4n) is 3.62. The van der Waals surface area contributed by atoms with E-state index in [-0.39, 0.29) is 17.8 Å². The predicted molar refractivity (Wildman–Crippen MR) is 130 cm³/mol. The predicted octanol–water partition coefficient (Wildman–Crippen LogP) is 4.06. The molecule has 1 atom stereocenters. The van der Waals surface area contributed by atoms with Crippen molar-refractivity contribution in [3.63, 3.8) is 0 Å². The Labute approximate surface area is 202 Å². The summed E-state index contributed by atoms with van der Waals surface area (Å²) in [5, 5.41) is 12.1. The normalized spacial score (nSPS) is 15.6. The lowest BCUT2D eigenvalue weighted by atomic mass is 10.2. The molecule has 0 radical (unpaired) electrons. The number of para-hydroxylation sites is 1. The minimum absolute atomic E-state index is 0.177. The van der Waals surface area contributed by atoms with Crippen LogP contribution < -0.4 is 10.1 Å². The number of ether oxygens (including phenoxy) is 2. The van der Waals surface area contributed by atoms with Crippen molar-refractivity contribution < 1.29 is 18.7 Å². The van der Waals surface area contributed by atoms with Crippen molar-refractivity contribution in [2.75, 3.05) is 26.0 Å². The molecule has 0 spiro atoms. The minimum atomic E-state index is -0.353. The number of carbonyl (C=O) groups is 1. The van der Waals surface area contributed by atoms with Gasteiger partial charge in [0.15, 0.2) is 5.16 Å². The number of aromatic nitrogens is 3. The van der Waals surface area contributed by atoms with Crippen LogP contribution in [0.4, 0.5) is 4.39 Å². The van der Waals surface area contributed by atoms with E-state index in [1.165, 1.54) is 23.9 Å². The van der Waals surface area contributed by atoms with E-state index >= 15 is 0 Å². The number of thioether (sulfide) groups is 1. The van der Waals surface area contributed by atoms with E-state index in [0.717, 1.165) is 36.5 Å². The molecule has 0 unspecified atom stereocenters. The molecule has 0 aliphatic carbocycles. The van der Waals surface area contributed by atoms with Crippen LogP contribution in [0.2, 0.25) is 0 Å². The van der Waals surface area contributed by atoms with Gasteiger partial charge in [-0.15, -0.1) is 10.2 Å². The van der Waals surface area contributed by atoms with Gasteiger partial charge in [-0.1, -0.05) is 36.0 Å². The van der Waals surface area contributed by atoms with Gasteiger partial charge in [-0.3, -0.25) is 9.36 Å². The van der Waals surface area contributed by atoms with Crippen LogP contribution >= 0.6 is 11.8 Å². The van der Waals surface area contributed by atoms with Gasteiger partial charge < -0.3 is 14.8 Å². The summed E-state index contributed by atoms with van der Waals surface area (Å²) in [5.74, 6) is 1.50. The lowest BCUT2D eigenvalue weighted by Crippen LogP contribution is -2.24. The third-order valence-corrected chi connectivity index (χ3v) is 6.47. The number of amides is 1. The lowest BCUT2D eigenvalue weighted by molar-refractivity contribution is -0.116. The minimum Gasteiger partial charge on any atom is -0.497 e. The summed E-state index contributed by atoms with van der Waals surface area (Å²) in [6, 6.07) is 14.0. The Kier molecular flexibility index (Phi) is 8.32. The number of nitrogens with zero attached hydrogens (tertiary/aromatic N) is 3. The molecular formula is C25H27FN4O3S. The molecule has 1 aromatic heterocycles. The monoisotopic (exact) mass is 482 g/mol. The number of halogens is 1. The van der Waals surface area contributed by atoms with Gasteiger partial charge in [0, 0.05) is 31.4 Å². The maximum Gasteiger partial charge on any atom is 0.244 e. The van der Waals surface area contributed by atoms with Crippen LogP contribution in [0.1, 0.15) is 24.2 Å². The summed E-state index contributed by atoms with van der Waals surface area (Å²) in [7, 11) is 1.61. The molecule has 1 aliphatic rings. The van der Waals surface area contributed by atoms with Crippen molar-refractivity contribution in [2.24, 2.45) is 0 Å². The van der Waals surface area contributed by atoms with Crippen LogP contribution in [0.25, 0.3) is 11.8 Å². The van der Waals surface area contributed by atoms with Crippen molar-refractivity contribution in [3.05, 3.63) is 71.8 Å². The SMILES string of the molecule is COc1ccc(/C=C/C(=O)NCCc2nnc(SC[C@H]3CCCO3)n2-c2ccccc2F)cc1. The molecule has 0 saturated carbocycles. The number of benzene rings is 2. The second kappa shape index (κ2) is 11.8. The lowest BCUT2D eigenvalue weighted by Gasteiger charge is -2.13. The molecule has 1 amide bonds. The zero-order valence-corrected chi connectivity index (χ0v) is 19.8. The second-order valence-electron chi connectivity index (χ2n) is 7.78. The highest BCUT2D eigenvalue weighted by molar-refractivity contribution is 7.99. The van der Waals surface area contributed by atoms with Gasteiger partial charge in [0.1, 0.15) is 17.4 Å². The molecule has 2 heterocycles. The van der Waals surface area contributed by atoms with Crippen molar-refractivity contribution in [3.8, 4) is 11.4 Å². The molecule has 1 saturated heterocycles. The van der Waals surface area contributed by atoms with Crippen molar-refractivity contribution in [1.82, 2.24) is 20.1 Å². The molecule has 9 heteroatoms. The number of hydrogen-bond acceptors (Lipinski definition) is 6. The van der Waals surface area contributed by atoms with E-state index in [1.807, 2.05) is 24.3 Å². The van der Waals surface area contributed by atoms with Crippen molar-refractivity contribution in [2.45, 2.75) is 30.5 Å². The maximum absolute atomic E-state index is 14.6. The number of hydrogen-bond donors (Lipinski definition) is 1. The number of carbonyl (C=O) groups excluding carboxylic acids is 1. The van der Waals surface area contributed by atoms with Crippen molar-refractivity contribution >= 4 is 23.7 Å². The molecule has 7 nitrogen and oxygen atoms in total. The zero-order chi connectivity index (χ0) is 23.8. The Morgan fingerprint density at radius 2 is 2.09 bits per heavy atom. The van der Waals surface area contributed by atoms with E-state index in [4.69, 9.17) is 9.47 Å². The summed E-state index contributed by atoms with van der Waals surface area (Å²) in [4.78, 5) is 12.2. The van der Waals surface area contributed by atoms with Crippen LogP contribution in [0.5, 0.6) is 5.75 Å². The van der Waals surface area contributed by atoms with Gasteiger partial charge in [0.05, 0.1) is 18.9 Å². The van der Waals surface area contributed by atoms with Gasteiger partial charge in [-0.05, 0) is 48.7 Å². The topological polar surface area (TPSA) is 78.3 Å². The summed E-state index contributed by atoms with van der Waals surface area (Å²) in [6.07, 6.45) is 5.87. The maximum atomic E-state index is 14.6. The Morgan fingerprint density at radius 3 is 2.82 bits per heavy atom. The van der Waals surface area contributed by atoms with Gasteiger partial charge in [-0.2, -0.15) is 0 Å². The highest BCUT2D eigenvalue weighted by Crippen LogP contribution is 2.27. The summed E-state index contributed by atoms with van der Waals surface area (Å²) in [5.41, 5.74) is 1.28. The molecule has 4 rings (SSSR count). The van der Waals surface area contributed by atoms with E-state index < -0.39 is 0 Å². The average Bonchev–Trinajstić information content (AvgIpc) is 3.52. The first-order valence-corrected chi connectivity index (χ1v) is 12.2. The highest BCUT2D eigenvalue weighted by Gasteiger charge is 2.21. The number of rotatable bonds is 10. The van der Waals surface area contributed by atoms with Crippen molar-refractivity contribution in [1.29, 1.82) is 0 Å². The molecule has 1 fully saturated rings. The fourth-order valence-corrected chi connectivity index (χ4v) is 4.65. The Morgan fingerprint density at radius 1 is 1.26 bits per heavy atom. The van der Waals surface area contributed by atoms with E-state index in [1.54, 1.807) is 36.0 Å². The molecule has 34 heavy (non-hydrogen) atoms. The van der Waals surface area contributed by atoms with Crippen LogP contribution in [-0.4, -0.2) is 52.8 Å². The van der Waals surface area contributed by atoms with Gasteiger partial charge >= 0.3 is 0 Å². The smallest absolute Gasteiger partial charge is 0.244 e. The first-order valence-electron chi connectivity index (χ1n) is 11.2. The Balaban J connectivity index is 1.40. The third-order valence-electron chi connectivity index (χ3n) is 5.41. The Bertz CT molecular complexity index is 1130. The quantitative estimate of drug-likeness (QED) is 0.347.